The van der Waals surface area contributed by atoms with Crippen LogP contribution in [-0.4, -0.2) is 18.5 Å². The van der Waals surface area contributed by atoms with Crippen LogP contribution in [0.5, 0.6) is 0 Å². The second kappa shape index (κ2) is 3.51. The molecule has 0 radical (unpaired) electrons. The molecular weight excluding hydrogens is 216 g/mol. The SMILES string of the molecule is C=CCOCC1(CBr)CC1(C)C. The van der Waals surface area contributed by atoms with Crippen molar-refractivity contribution in [1.82, 2.24) is 0 Å². The molecule has 1 unspecified atom stereocenters. The lowest BCUT2D eigenvalue weighted by Crippen LogP contribution is -2.18. The molecule has 0 aromatic carbocycles. The molecule has 2 heteroatoms. The van der Waals surface area contributed by atoms with Crippen molar-refractivity contribution in [3.8, 4) is 0 Å². The minimum atomic E-state index is 0.385. The fourth-order valence-corrected chi connectivity index (χ4v) is 2.77. The minimum Gasteiger partial charge on any atom is -0.377 e. The monoisotopic (exact) mass is 232 g/mol. The number of rotatable bonds is 5. The zero-order valence-electron chi connectivity index (χ0n) is 7.90. The lowest BCUT2D eigenvalue weighted by Gasteiger charge is -2.16. The predicted octanol–water partition coefficient (Wildman–Crippen LogP) is 3.00. The molecule has 1 saturated carbocycles. The van der Waals surface area contributed by atoms with Crippen LogP contribution in [0, 0.1) is 10.8 Å². The van der Waals surface area contributed by atoms with Crippen molar-refractivity contribution in [2.24, 2.45) is 10.8 Å². The van der Waals surface area contributed by atoms with Crippen molar-refractivity contribution in [2.75, 3.05) is 18.5 Å². The molecule has 12 heavy (non-hydrogen) atoms. The lowest BCUT2D eigenvalue weighted by atomic mass is 9.99. The van der Waals surface area contributed by atoms with E-state index in [1.807, 2.05) is 0 Å². The first-order valence-electron chi connectivity index (χ1n) is 4.33. The Bertz CT molecular complexity index is 177. The zero-order valence-corrected chi connectivity index (χ0v) is 9.49. The summed E-state index contributed by atoms with van der Waals surface area (Å²) in [5.41, 5.74) is 0.841. The summed E-state index contributed by atoms with van der Waals surface area (Å²) in [6, 6.07) is 0. The van der Waals surface area contributed by atoms with Gasteiger partial charge in [-0.05, 0) is 11.8 Å². The van der Waals surface area contributed by atoms with Crippen LogP contribution >= 0.6 is 15.9 Å². The van der Waals surface area contributed by atoms with Gasteiger partial charge in [-0.1, -0.05) is 35.9 Å². The van der Waals surface area contributed by atoms with Gasteiger partial charge in [0.15, 0.2) is 0 Å². The Balaban J connectivity index is 2.34. The summed E-state index contributed by atoms with van der Waals surface area (Å²) in [4.78, 5) is 0. The summed E-state index contributed by atoms with van der Waals surface area (Å²) in [6.45, 7) is 9.75. The van der Waals surface area contributed by atoms with E-state index in [4.69, 9.17) is 4.74 Å². The van der Waals surface area contributed by atoms with Crippen LogP contribution in [0.2, 0.25) is 0 Å². The summed E-state index contributed by atoms with van der Waals surface area (Å²) >= 11 is 3.56. The van der Waals surface area contributed by atoms with Crippen LogP contribution in [0.1, 0.15) is 20.3 Å². The Labute approximate surface area is 83.3 Å². The molecule has 0 amide bonds. The quantitative estimate of drug-likeness (QED) is 0.403. The van der Waals surface area contributed by atoms with E-state index >= 15 is 0 Å². The smallest absolute Gasteiger partial charge is 0.0645 e. The third-order valence-electron chi connectivity index (χ3n) is 2.96. The normalized spacial score (nSPS) is 31.6. The van der Waals surface area contributed by atoms with Crippen molar-refractivity contribution >= 4 is 15.9 Å². The minimum absolute atomic E-state index is 0.385. The van der Waals surface area contributed by atoms with Gasteiger partial charge in [0, 0.05) is 10.7 Å². The molecule has 0 spiro atoms. The van der Waals surface area contributed by atoms with Gasteiger partial charge >= 0.3 is 0 Å². The van der Waals surface area contributed by atoms with Crippen molar-refractivity contribution in [2.45, 2.75) is 20.3 Å². The molecule has 0 aromatic heterocycles. The zero-order chi connectivity index (χ0) is 9.24. The van der Waals surface area contributed by atoms with Crippen LogP contribution in [0.3, 0.4) is 0 Å². The maximum atomic E-state index is 5.49. The van der Waals surface area contributed by atoms with E-state index in [0.717, 1.165) is 11.9 Å². The van der Waals surface area contributed by atoms with E-state index in [9.17, 15) is 0 Å². The van der Waals surface area contributed by atoms with Gasteiger partial charge in [-0.25, -0.2) is 0 Å². The van der Waals surface area contributed by atoms with E-state index in [-0.39, 0.29) is 0 Å². The van der Waals surface area contributed by atoms with Gasteiger partial charge in [0.05, 0.1) is 13.2 Å². The largest absolute Gasteiger partial charge is 0.377 e. The first-order chi connectivity index (χ1) is 5.58. The van der Waals surface area contributed by atoms with E-state index in [1.165, 1.54) is 6.42 Å². The van der Waals surface area contributed by atoms with Gasteiger partial charge in [-0.15, -0.1) is 6.58 Å². The summed E-state index contributed by atoms with van der Waals surface area (Å²) in [7, 11) is 0. The molecule has 0 heterocycles. The molecule has 1 aliphatic rings. The second-order valence-corrected chi connectivity index (χ2v) is 4.84. The summed E-state index contributed by atoms with van der Waals surface area (Å²) in [5, 5.41) is 1.05. The fourth-order valence-electron chi connectivity index (χ4n) is 1.65. The van der Waals surface area contributed by atoms with E-state index in [0.29, 0.717) is 17.4 Å². The fraction of sp³-hybridized carbons (Fsp3) is 0.800. The maximum absolute atomic E-state index is 5.49. The molecule has 0 saturated heterocycles. The molecule has 70 valence electrons. The first kappa shape index (κ1) is 10.3. The van der Waals surface area contributed by atoms with Gasteiger partial charge in [0.1, 0.15) is 0 Å². The number of ether oxygens (including phenoxy) is 1. The molecule has 1 nitrogen and oxygen atoms in total. The Hall–Kier alpha value is 0.180. The van der Waals surface area contributed by atoms with E-state index < -0.39 is 0 Å². The van der Waals surface area contributed by atoms with Crippen molar-refractivity contribution in [3.05, 3.63) is 12.7 Å². The highest BCUT2D eigenvalue weighted by atomic mass is 79.9. The standard InChI is InChI=1S/C10H17BrO/c1-4-5-12-8-10(7-11)6-9(10,2)3/h4H,1,5-8H2,2-3H3. The topological polar surface area (TPSA) is 9.23 Å². The Morgan fingerprint density at radius 3 is 2.50 bits per heavy atom. The summed E-state index contributed by atoms with van der Waals surface area (Å²) in [5.74, 6) is 0. The Morgan fingerprint density at radius 1 is 1.58 bits per heavy atom. The molecule has 1 fully saturated rings. The van der Waals surface area contributed by atoms with E-state index in [1.54, 1.807) is 6.08 Å². The number of hydrogen-bond acceptors (Lipinski definition) is 1. The van der Waals surface area contributed by atoms with Crippen LogP contribution in [-0.2, 0) is 4.74 Å². The summed E-state index contributed by atoms with van der Waals surface area (Å²) in [6.07, 6.45) is 3.07. The Morgan fingerprint density at radius 2 is 2.17 bits per heavy atom. The average Bonchev–Trinajstić information content (AvgIpc) is 2.55. The molecule has 0 N–H and O–H groups in total. The number of halogens is 1. The highest BCUT2D eigenvalue weighted by Crippen LogP contribution is 2.64. The molecule has 0 aliphatic heterocycles. The predicted molar refractivity (Wildman–Crippen MR) is 55.6 cm³/mol. The molecule has 0 aromatic rings. The molecule has 1 atom stereocenters. The van der Waals surface area contributed by atoms with Gasteiger partial charge in [-0.2, -0.15) is 0 Å². The molecule has 0 bridgehead atoms. The number of alkyl halides is 1. The molecule has 1 rings (SSSR count). The van der Waals surface area contributed by atoms with Crippen LogP contribution in [0.25, 0.3) is 0 Å². The highest BCUT2D eigenvalue weighted by Gasteiger charge is 2.60. The molecule has 1 aliphatic carbocycles. The first-order valence-corrected chi connectivity index (χ1v) is 5.45. The van der Waals surface area contributed by atoms with Crippen molar-refractivity contribution in [3.63, 3.8) is 0 Å². The third-order valence-corrected chi connectivity index (χ3v) is 4.03. The maximum Gasteiger partial charge on any atom is 0.0645 e. The summed E-state index contributed by atoms with van der Waals surface area (Å²) < 4.78 is 5.49. The number of hydrogen-bond donors (Lipinski definition) is 0. The van der Waals surface area contributed by atoms with Crippen LogP contribution in [0.15, 0.2) is 12.7 Å². The molecular formula is C10H17BrO. The van der Waals surface area contributed by atoms with Crippen molar-refractivity contribution in [1.29, 1.82) is 0 Å². The second-order valence-electron chi connectivity index (χ2n) is 4.28. The van der Waals surface area contributed by atoms with Gasteiger partial charge < -0.3 is 4.74 Å². The van der Waals surface area contributed by atoms with Gasteiger partial charge in [0.25, 0.3) is 0 Å². The van der Waals surface area contributed by atoms with Crippen LogP contribution < -0.4 is 0 Å². The Kier molecular flexibility index (Phi) is 3.00. The third kappa shape index (κ3) is 1.74. The average molecular weight is 233 g/mol. The van der Waals surface area contributed by atoms with Gasteiger partial charge in [-0.3, -0.25) is 0 Å². The van der Waals surface area contributed by atoms with Crippen LogP contribution in [0.4, 0.5) is 0 Å². The highest BCUT2D eigenvalue weighted by molar-refractivity contribution is 9.09. The lowest BCUT2D eigenvalue weighted by molar-refractivity contribution is 0.107. The van der Waals surface area contributed by atoms with E-state index in [2.05, 4.69) is 36.4 Å². The van der Waals surface area contributed by atoms with Crippen molar-refractivity contribution < 1.29 is 4.74 Å². The van der Waals surface area contributed by atoms with Gasteiger partial charge in [0.2, 0.25) is 0 Å².